The van der Waals surface area contributed by atoms with Gasteiger partial charge in [0.05, 0.1) is 24.5 Å². The van der Waals surface area contributed by atoms with Gasteiger partial charge in [0, 0.05) is 68.8 Å². The van der Waals surface area contributed by atoms with E-state index in [0.717, 1.165) is 67.7 Å². The van der Waals surface area contributed by atoms with E-state index in [9.17, 15) is 10.1 Å². The van der Waals surface area contributed by atoms with Crippen LogP contribution in [-0.2, 0) is 16.1 Å². The molecular weight excluding hydrogens is 446 g/mol. The normalized spacial score (nSPS) is 20.2. The van der Waals surface area contributed by atoms with Crippen molar-refractivity contribution in [1.29, 1.82) is 5.26 Å². The fourth-order valence-corrected chi connectivity index (χ4v) is 5.17. The fraction of sp³-hybridized carbons (Fsp3) is 0.440. The molecule has 2 aromatic rings. The molecule has 6 rings (SSSR count). The van der Waals surface area contributed by atoms with Gasteiger partial charge in [-0.15, -0.1) is 0 Å². The molecule has 4 aliphatic heterocycles. The van der Waals surface area contributed by atoms with Crippen LogP contribution in [0.15, 0.2) is 31.0 Å². The van der Waals surface area contributed by atoms with E-state index in [1.807, 2.05) is 12.1 Å². The van der Waals surface area contributed by atoms with Gasteiger partial charge in [-0.25, -0.2) is 9.97 Å². The molecule has 4 aliphatic rings. The quantitative estimate of drug-likeness (QED) is 0.663. The second-order valence-corrected chi connectivity index (χ2v) is 9.31. The second kappa shape index (κ2) is 8.83. The number of ether oxygens (including phenoxy) is 2. The van der Waals surface area contributed by atoms with Crippen LogP contribution < -0.4 is 15.0 Å². The smallest absolute Gasteiger partial charge is 0.246 e. The number of carbonyl (C=O) groups excluding carboxylic acids is 1. The van der Waals surface area contributed by atoms with Gasteiger partial charge in [0.15, 0.2) is 11.4 Å². The number of anilines is 3. The third-order valence-corrected chi connectivity index (χ3v) is 7.29. The fourth-order valence-electron chi connectivity index (χ4n) is 5.17. The zero-order valence-electron chi connectivity index (χ0n) is 19.4. The van der Waals surface area contributed by atoms with Gasteiger partial charge >= 0.3 is 0 Å². The lowest BCUT2D eigenvalue weighted by atomic mass is 9.91. The van der Waals surface area contributed by atoms with E-state index in [2.05, 4.69) is 37.7 Å². The van der Waals surface area contributed by atoms with E-state index in [1.165, 1.54) is 6.08 Å². The molecule has 1 amide bonds. The van der Waals surface area contributed by atoms with Crippen molar-refractivity contribution in [3.63, 3.8) is 0 Å². The van der Waals surface area contributed by atoms with Gasteiger partial charge < -0.3 is 24.6 Å². The molecule has 0 atom stereocenters. The zero-order valence-corrected chi connectivity index (χ0v) is 19.4. The number of amides is 1. The highest BCUT2D eigenvalue weighted by Gasteiger charge is 2.41. The second-order valence-electron chi connectivity index (χ2n) is 9.31. The molecule has 180 valence electrons. The van der Waals surface area contributed by atoms with Crippen LogP contribution in [0.25, 0.3) is 0 Å². The average Bonchev–Trinajstić information content (AvgIpc) is 3.03. The van der Waals surface area contributed by atoms with Crippen molar-refractivity contribution >= 4 is 23.1 Å². The summed E-state index contributed by atoms with van der Waals surface area (Å²) in [6.07, 6.45) is 3.17. The minimum atomic E-state index is -0.0128. The number of nitrogens with zero attached hydrogens (tertiary/aromatic N) is 6. The lowest BCUT2D eigenvalue weighted by molar-refractivity contribution is -0.134. The number of likely N-dealkylation sites (tertiary alicyclic amines) is 2. The van der Waals surface area contributed by atoms with E-state index in [4.69, 9.17) is 9.47 Å². The first kappa shape index (κ1) is 21.8. The molecule has 0 bridgehead atoms. The number of pyridine rings is 2. The van der Waals surface area contributed by atoms with Crippen molar-refractivity contribution in [3.05, 3.63) is 47.9 Å². The highest BCUT2D eigenvalue weighted by Crippen LogP contribution is 2.41. The number of fused-ring (bicyclic) bond motifs is 2. The predicted molar refractivity (Wildman–Crippen MR) is 129 cm³/mol. The lowest BCUT2D eigenvalue weighted by Crippen LogP contribution is -2.65. The predicted octanol–water partition coefficient (Wildman–Crippen LogP) is 1.62. The molecule has 0 saturated carbocycles. The van der Waals surface area contributed by atoms with Crippen LogP contribution in [0, 0.1) is 11.3 Å². The van der Waals surface area contributed by atoms with Crippen molar-refractivity contribution in [3.8, 4) is 11.8 Å². The van der Waals surface area contributed by atoms with E-state index >= 15 is 0 Å². The van der Waals surface area contributed by atoms with Gasteiger partial charge in [0.1, 0.15) is 18.5 Å². The molecule has 0 unspecified atom stereocenters. The summed E-state index contributed by atoms with van der Waals surface area (Å²) < 4.78 is 11.6. The van der Waals surface area contributed by atoms with Gasteiger partial charge in [-0.1, -0.05) is 6.58 Å². The molecule has 6 heterocycles. The maximum Gasteiger partial charge on any atom is 0.246 e. The standard InChI is InChI=1S/C25H27N7O3/c1-2-23(33)32-13-17(14-32)31-11-16(12-31)19-9-20-24(21(10-26)28-19)35-15-18-22(3-4-27-25(18)29-20)30-5-7-34-8-6-30/h2-4,9,16-17H,1,5-8,11-15H2,(H,27,29). The van der Waals surface area contributed by atoms with Crippen LogP contribution >= 0.6 is 0 Å². The summed E-state index contributed by atoms with van der Waals surface area (Å²) in [7, 11) is 0. The first-order valence-electron chi connectivity index (χ1n) is 12.0. The molecule has 0 spiro atoms. The van der Waals surface area contributed by atoms with Gasteiger partial charge in [-0.3, -0.25) is 9.69 Å². The Bertz CT molecular complexity index is 1210. The van der Waals surface area contributed by atoms with Gasteiger partial charge in [0.2, 0.25) is 5.91 Å². The number of nitriles is 1. The molecule has 35 heavy (non-hydrogen) atoms. The minimum Gasteiger partial charge on any atom is -0.483 e. The van der Waals surface area contributed by atoms with E-state index in [0.29, 0.717) is 31.6 Å². The van der Waals surface area contributed by atoms with Crippen molar-refractivity contribution in [2.45, 2.75) is 18.6 Å². The Morgan fingerprint density at radius 1 is 1.26 bits per heavy atom. The van der Waals surface area contributed by atoms with Crippen LogP contribution in [0.3, 0.4) is 0 Å². The molecule has 10 heteroatoms. The largest absolute Gasteiger partial charge is 0.483 e. The number of nitrogens with one attached hydrogen (secondary N) is 1. The number of rotatable bonds is 4. The zero-order chi connectivity index (χ0) is 23.9. The Labute approximate surface area is 203 Å². The summed E-state index contributed by atoms with van der Waals surface area (Å²) in [5, 5.41) is 13.3. The molecule has 0 aliphatic carbocycles. The average molecular weight is 474 g/mol. The summed E-state index contributed by atoms with van der Waals surface area (Å²) >= 11 is 0. The highest BCUT2D eigenvalue weighted by atomic mass is 16.5. The van der Waals surface area contributed by atoms with Crippen LogP contribution in [0.1, 0.15) is 22.9 Å². The van der Waals surface area contributed by atoms with Crippen molar-refractivity contribution < 1.29 is 14.3 Å². The van der Waals surface area contributed by atoms with Crippen molar-refractivity contribution in [2.24, 2.45) is 0 Å². The minimum absolute atomic E-state index is 0.0128. The third kappa shape index (κ3) is 3.87. The van der Waals surface area contributed by atoms with E-state index < -0.39 is 0 Å². The van der Waals surface area contributed by atoms with E-state index in [-0.39, 0.29) is 17.5 Å². The van der Waals surface area contributed by atoms with E-state index in [1.54, 1.807) is 11.1 Å². The van der Waals surface area contributed by atoms with Crippen LogP contribution in [0.2, 0.25) is 0 Å². The Kier molecular flexibility index (Phi) is 5.51. The Morgan fingerprint density at radius 2 is 2.06 bits per heavy atom. The Morgan fingerprint density at radius 3 is 2.80 bits per heavy atom. The Balaban J connectivity index is 1.21. The number of hydrogen-bond donors (Lipinski definition) is 1. The summed E-state index contributed by atoms with van der Waals surface area (Å²) in [4.78, 5) is 27.4. The van der Waals surface area contributed by atoms with Gasteiger partial charge in [0.25, 0.3) is 0 Å². The van der Waals surface area contributed by atoms with Crippen molar-refractivity contribution in [2.75, 3.05) is 62.7 Å². The summed E-state index contributed by atoms with van der Waals surface area (Å²) in [6, 6.07) is 6.60. The molecule has 10 nitrogen and oxygen atoms in total. The number of aromatic nitrogens is 2. The third-order valence-electron chi connectivity index (χ3n) is 7.29. The number of hydrogen-bond acceptors (Lipinski definition) is 9. The molecular formula is C25H27N7O3. The highest BCUT2D eigenvalue weighted by molar-refractivity contribution is 5.87. The monoisotopic (exact) mass is 473 g/mol. The Hall–Kier alpha value is -3.68. The van der Waals surface area contributed by atoms with Crippen molar-refractivity contribution in [1.82, 2.24) is 19.8 Å². The first-order chi connectivity index (χ1) is 17.1. The number of carbonyl (C=O) groups is 1. The molecule has 0 radical (unpaired) electrons. The summed E-state index contributed by atoms with van der Waals surface area (Å²) in [5.41, 5.74) is 3.93. The first-order valence-corrected chi connectivity index (χ1v) is 12.0. The maximum atomic E-state index is 11.7. The molecule has 3 saturated heterocycles. The van der Waals surface area contributed by atoms with Crippen LogP contribution in [0.5, 0.6) is 5.75 Å². The van der Waals surface area contributed by atoms with Gasteiger partial charge in [-0.05, 0) is 18.2 Å². The molecule has 1 N–H and O–H groups in total. The molecule has 0 aromatic carbocycles. The summed E-state index contributed by atoms with van der Waals surface area (Å²) in [6.45, 7) is 10.1. The van der Waals surface area contributed by atoms with Gasteiger partial charge in [-0.2, -0.15) is 5.26 Å². The maximum absolute atomic E-state index is 11.7. The number of morpholine rings is 1. The summed E-state index contributed by atoms with van der Waals surface area (Å²) in [5.74, 6) is 1.43. The SMILES string of the molecule is C=CC(=O)N1CC(N2CC(c3cc4c(c(C#N)n3)OCc3c(N5CCOCC5)ccnc3N4)C2)C1. The van der Waals surface area contributed by atoms with Crippen LogP contribution in [0.4, 0.5) is 17.2 Å². The van der Waals surface area contributed by atoms with Crippen LogP contribution in [-0.4, -0.2) is 84.2 Å². The lowest BCUT2D eigenvalue weighted by Gasteiger charge is -2.51. The molecule has 2 aromatic heterocycles. The topological polar surface area (TPSA) is 107 Å². The molecule has 3 fully saturated rings.